The van der Waals surface area contributed by atoms with Gasteiger partial charge in [0.1, 0.15) is 5.75 Å². The first-order valence-corrected chi connectivity index (χ1v) is 5.40. The third-order valence-electron chi connectivity index (χ3n) is 2.48. The SMILES string of the molecule is O=Cc1cccc(-c2ccccc2)c1OC(F)(F)F. The van der Waals surface area contributed by atoms with Crippen LogP contribution in [0.2, 0.25) is 0 Å². The zero-order chi connectivity index (χ0) is 13.9. The Morgan fingerprint density at radius 3 is 2.21 bits per heavy atom. The van der Waals surface area contributed by atoms with Gasteiger partial charge in [0.05, 0.1) is 5.56 Å². The second-order valence-electron chi connectivity index (χ2n) is 3.76. The highest BCUT2D eigenvalue weighted by atomic mass is 19.4. The molecule has 0 fully saturated rings. The second kappa shape index (κ2) is 5.14. The van der Waals surface area contributed by atoms with Gasteiger partial charge >= 0.3 is 6.36 Å². The summed E-state index contributed by atoms with van der Waals surface area (Å²) in [4.78, 5) is 10.8. The molecule has 0 saturated heterocycles. The van der Waals surface area contributed by atoms with Crippen LogP contribution in [0.1, 0.15) is 10.4 Å². The maximum Gasteiger partial charge on any atom is 0.573 e. The highest BCUT2D eigenvalue weighted by molar-refractivity contribution is 5.86. The van der Waals surface area contributed by atoms with Gasteiger partial charge in [-0.2, -0.15) is 0 Å². The maximum absolute atomic E-state index is 12.4. The third kappa shape index (κ3) is 3.13. The first-order valence-electron chi connectivity index (χ1n) is 5.40. The van der Waals surface area contributed by atoms with E-state index >= 15 is 0 Å². The van der Waals surface area contributed by atoms with Crippen molar-refractivity contribution in [3.8, 4) is 16.9 Å². The smallest absolute Gasteiger partial charge is 0.404 e. The number of carbonyl (C=O) groups excluding carboxylic acids is 1. The molecular formula is C14H9F3O2. The summed E-state index contributed by atoms with van der Waals surface area (Å²) in [7, 11) is 0. The van der Waals surface area contributed by atoms with Gasteiger partial charge in [0.25, 0.3) is 0 Å². The Labute approximate surface area is 107 Å². The number of ether oxygens (including phenoxy) is 1. The summed E-state index contributed by atoms with van der Waals surface area (Å²) < 4.78 is 41.2. The number of alkyl halides is 3. The normalized spacial score (nSPS) is 11.1. The van der Waals surface area contributed by atoms with Gasteiger partial charge in [-0.05, 0) is 11.6 Å². The van der Waals surface area contributed by atoms with Crippen LogP contribution in [0.5, 0.6) is 5.75 Å². The van der Waals surface area contributed by atoms with Crippen LogP contribution in [0.4, 0.5) is 13.2 Å². The molecule has 2 rings (SSSR count). The van der Waals surface area contributed by atoms with Crippen molar-refractivity contribution in [1.82, 2.24) is 0 Å². The number of hydrogen-bond donors (Lipinski definition) is 0. The van der Waals surface area contributed by atoms with E-state index in [0.717, 1.165) is 0 Å². The highest BCUT2D eigenvalue weighted by Gasteiger charge is 2.33. The number of carbonyl (C=O) groups is 1. The highest BCUT2D eigenvalue weighted by Crippen LogP contribution is 2.35. The Kier molecular flexibility index (Phi) is 3.55. The predicted molar refractivity (Wildman–Crippen MR) is 63.9 cm³/mol. The largest absolute Gasteiger partial charge is 0.573 e. The Bertz CT molecular complexity index is 577. The standard InChI is InChI=1S/C14H9F3O2/c15-14(16,17)19-13-11(9-18)7-4-8-12(13)10-5-2-1-3-6-10/h1-9H. The van der Waals surface area contributed by atoms with Crippen molar-refractivity contribution in [2.45, 2.75) is 6.36 Å². The molecule has 0 heterocycles. The van der Waals surface area contributed by atoms with Gasteiger partial charge in [0.2, 0.25) is 0 Å². The van der Waals surface area contributed by atoms with Crippen molar-refractivity contribution in [1.29, 1.82) is 0 Å². The molecule has 2 aromatic carbocycles. The number of hydrogen-bond acceptors (Lipinski definition) is 2. The number of halogens is 3. The minimum Gasteiger partial charge on any atom is -0.404 e. The fourth-order valence-corrected chi connectivity index (χ4v) is 1.72. The molecule has 0 radical (unpaired) electrons. The van der Waals surface area contributed by atoms with Crippen LogP contribution in [-0.4, -0.2) is 12.6 Å². The van der Waals surface area contributed by atoms with Gasteiger partial charge in [-0.1, -0.05) is 42.5 Å². The summed E-state index contributed by atoms with van der Waals surface area (Å²) in [5.41, 5.74) is 0.631. The van der Waals surface area contributed by atoms with E-state index in [9.17, 15) is 18.0 Å². The molecule has 0 aliphatic heterocycles. The fourth-order valence-electron chi connectivity index (χ4n) is 1.72. The fraction of sp³-hybridized carbons (Fsp3) is 0.0714. The molecule has 0 unspecified atom stereocenters. The summed E-state index contributed by atoms with van der Waals surface area (Å²) >= 11 is 0. The molecule has 0 amide bonds. The zero-order valence-electron chi connectivity index (χ0n) is 9.65. The van der Waals surface area contributed by atoms with Gasteiger partial charge in [-0.3, -0.25) is 4.79 Å². The molecule has 5 heteroatoms. The topological polar surface area (TPSA) is 26.3 Å². The van der Waals surface area contributed by atoms with Crippen LogP contribution < -0.4 is 4.74 Å². The molecule has 2 aromatic rings. The van der Waals surface area contributed by atoms with Crippen molar-refractivity contribution in [2.24, 2.45) is 0 Å². The molecule has 0 aliphatic carbocycles. The average Bonchev–Trinajstić information content (AvgIpc) is 2.38. The minimum atomic E-state index is -4.84. The van der Waals surface area contributed by atoms with Crippen molar-refractivity contribution in [3.63, 3.8) is 0 Å². The molecule has 0 N–H and O–H groups in total. The van der Waals surface area contributed by atoms with E-state index < -0.39 is 12.1 Å². The monoisotopic (exact) mass is 266 g/mol. The molecule has 0 saturated carbocycles. The summed E-state index contributed by atoms with van der Waals surface area (Å²) in [5, 5.41) is 0. The molecule has 0 atom stereocenters. The van der Waals surface area contributed by atoms with Crippen LogP contribution in [0.25, 0.3) is 11.1 Å². The van der Waals surface area contributed by atoms with E-state index in [1.807, 2.05) is 0 Å². The number of aldehydes is 1. The number of rotatable bonds is 3. The Balaban J connectivity index is 2.58. The maximum atomic E-state index is 12.4. The van der Waals surface area contributed by atoms with Gasteiger partial charge in [-0.15, -0.1) is 13.2 Å². The Morgan fingerprint density at radius 1 is 0.947 bits per heavy atom. The molecule has 19 heavy (non-hydrogen) atoms. The van der Waals surface area contributed by atoms with Crippen molar-refractivity contribution in [2.75, 3.05) is 0 Å². The Hall–Kier alpha value is -2.30. The first kappa shape index (κ1) is 13.1. The number of para-hydroxylation sites is 1. The van der Waals surface area contributed by atoms with Crippen LogP contribution >= 0.6 is 0 Å². The molecule has 0 aliphatic rings. The lowest BCUT2D eigenvalue weighted by Gasteiger charge is -2.15. The summed E-state index contributed by atoms with van der Waals surface area (Å²) in [6.07, 6.45) is -4.50. The summed E-state index contributed by atoms with van der Waals surface area (Å²) in [6, 6.07) is 12.7. The van der Waals surface area contributed by atoms with E-state index in [0.29, 0.717) is 11.8 Å². The lowest BCUT2D eigenvalue weighted by molar-refractivity contribution is -0.274. The predicted octanol–water partition coefficient (Wildman–Crippen LogP) is 4.06. The lowest BCUT2D eigenvalue weighted by atomic mass is 10.0. The molecular weight excluding hydrogens is 257 g/mol. The quantitative estimate of drug-likeness (QED) is 0.783. The molecule has 0 aromatic heterocycles. The van der Waals surface area contributed by atoms with E-state index in [2.05, 4.69) is 4.74 Å². The Morgan fingerprint density at radius 2 is 1.63 bits per heavy atom. The summed E-state index contributed by atoms with van der Waals surface area (Å²) in [5.74, 6) is -0.476. The van der Waals surface area contributed by atoms with Gasteiger partial charge in [0.15, 0.2) is 6.29 Å². The van der Waals surface area contributed by atoms with Crippen molar-refractivity contribution < 1.29 is 22.7 Å². The molecule has 2 nitrogen and oxygen atoms in total. The number of benzene rings is 2. The molecule has 98 valence electrons. The van der Waals surface area contributed by atoms with Crippen LogP contribution in [0.3, 0.4) is 0 Å². The molecule has 0 bridgehead atoms. The van der Waals surface area contributed by atoms with Crippen LogP contribution in [0, 0.1) is 0 Å². The van der Waals surface area contributed by atoms with Gasteiger partial charge < -0.3 is 4.74 Å². The van der Waals surface area contributed by atoms with Gasteiger partial charge in [0, 0.05) is 5.56 Å². The minimum absolute atomic E-state index is 0.140. The average molecular weight is 266 g/mol. The third-order valence-corrected chi connectivity index (χ3v) is 2.48. The lowest BCUT2D eigenvalue weighted by Crippen LogP contribution is -2.18. The van der Waals surface area contributed by atoms with Crippen LogP contribution in [-0.2, 0) is 0 Å². The van der Waals surface area contributed by atoms with E-state index in [1.54, 1.807) is 30.3 Å². The van der Waals surface area contributed by atoms with Crippen molar-refractivity contribution >= 4 is 6.29 Å². The van der Waals surface area contributed by atoms with Gasteiger partial charge in [-0.25, -0.2) is 0 Å². The first-order chi connectivity index (χ1) is 9.01. The van der Waals surface area contributed by atoms with E-state index in [1.165, 1.54) is 18.2 Å². The summed E-state index contributed by atoms with van der Waals surface area (Å²) in [6.45, 7) is 0. The van der Waals surface area contributed by atoms with Crippen molar-refractivity contribution in [3.05, 3.63) is 54.1 Å². The van der Waals surface area contributed by atoms with Crippen LogP contribution in [0.15, 0.2) is 48.5 Å². The zero-order valence-corrected chi connectivity index (χ0v) is 9.65. The van der Waals surface area contributed by atoms with E-state index in [4.69, 9.17) is 0 Å². The van der Waals surface area contributed by atoms with E-state index in [-0.39, 0.29) is 11.1 Å². The second-order valence-corrected chi connectivity index (χ2v) is 3.76. The molecule has 0 spiro atoms.